The summed E-state index contributed by atoms with van der Waals surface area (Å²) in [6, 6.07) is 20.3. The normalized spacial score (nSPS) is 15.8. The number of rotatable bonds is 4. The molecule has 1 heterocycles. The van der Waals surface area contributed by atoms with Crippen LogP contribution in [-0.2, 0) is 0 Å². The second-order valence-corrected chi connectivity index (χ2v) is 6.56. The lowest BCUT2D eigenvalue weighted by Crippen LogP contribution is -2.45. The number of halogens is 2. The maximum Gasteiger partial charge on any atom is 0.0395 e. The lowest BCUT2D eigenvalue weighted by atomic mass is 9.89. The Morgan fingerprint density at radius 3 is 2.00 bits per heavy atom. The summed E-state index contributed by atoms with van der Waals surface area (Å²) >= 11 is 0. The van der Waals surface area contributed by atoms with E-state index in [0.29, 0.717) is 6.04 Å². The first kappa shape index (κ1) is 20.7. The highest BCUT2D eigenvalue weighted by molar-refractivity contribution is 6.02. The summed E-state index contributed by atoms with van der Waals surface area (Å²) in [6.45, 7) is 8.36. The molecule has 4 rings (SSSR count). The van der Waals surface area contributed by atoms with Crippen LogP contribution in [0.25, 0.3) is 21.5 Å². The number of nitrogens with zero attached hydrogens (tertiary/aromatic N) is 1. The lowest BCUT2D eigenvalue weighted by molar-refractivity contribution is 0.176. The molecule has 3 aromatic rings. The van der Waals surface area contributed by atoms with E-state index in [4.69, 9.17) is 0 Å². The van der Waals surface area contributed by atoms with Crippen molar-refractivity contribution in [2.45, 2.75) is 12.5 Å². The molecule has 1 aliphatic heterocycles. The molecule has 1 fully saturated rings. The Hall–Kier alpha value is -1.58. The van der Waals surface area contributed by atoms with Crippen LogP contribution in [0.4, 0.5) is 0 Å². The van der Waals surface area contributed by atoms with Crippen LogP contribution in [-0.4, -0.2) is 31.1 Å². The first-order valence-electron chi connectivity index (χ1n) is 8.84. The van der Waals surface area contributed by atoms with Crippen molar-refractivity contribution < 1.29 is 0 Å². The quantitative estimate of drug-likeness (QED) is 0.477. The smallest absolute Gasteiger partial charge is 0.0395 e. The molecule has 0 aliphatic carbocycles. The topological polar surface area (TPSA) is 15.3 Å². The number of piperazine rings is 1. The molecule has 138 valence electrons. The van der Waals surface area contributed by atoms with Crippen molar-refractivity contribution in [1.82, 2.24) is 10.2 Å². The van der Waals surface area contributed by atoms with Crippen molar-refractivity contribution >= 4 is 46.4 Å². The highest BCUT2D eigenvalue weighted by Gasteiger charge is 2.24. The van der Waals surface area contributed by atoms with E-state index in [0.717, 1.165) is 32.6 Å². The van der Waals surface area contributed by atoms with Crippen molar-refractivity contribution in [1.29, 1.82) is 0 Å². The third-order valence-electron chi connectivity index (χ3n) is 5.13. The van der Waals surface area contributed by atoms with Crippen molar-refractivity contribution in [3.63, 3.8) is 0 Å². The van der Waals surface area contributed by atoms with Gasteiger partial charge in [-0.2, -0.15) is 0 Å². The lowest BCUT2D eigenvalue weighted by Gasteiger charge is -2.36. The minimum absolute atomic E-state index is 0. The summed E-state index contributed by atoms with van der Waals surface area (Å²) in [5, 5.41) is 8.88. The van der Waals surface area contributed by atoms with Crippen LogP contribution in [0.2, 0.25) is 0 Å². The molecule has 0 aromatic heterocycles. The van der Waals surface area contributed by atoms with E-state index in [9.17, 15) is 0 Å². The first-order valence-corrected chi connectivity index (χ1v) is 8.84. The Labute approximate surface area is 168 Å². The number of nitrogens with one attached hydrogen (secondary N) is 1. The Kier molecular flexibility index (Phi) is 7.48. The van der Waals surface area contributed by atoms with Crippen LogP contribution in [0, 0.1) is 0 Å². The number of hydrogen-bond acceptors (Lipinski definition) is 2. The van der Waals surface area contributed by atoms with Gasteiger partial charge in [-0.1, -0.05) is 54.6 Å². The van der Waals surface area contributed by atoms with E-state index in [2.05, 4.69) is 77.5 Å². The molecule has 0 radical (unpaired) electrons. The van der Waals surface area contributed by atoms with Gasteiger partial charge in [0.1, 0.15) is 0 Å². The van der Waals surface area contributed by atoms with Gasteiger partial charge in [0.2, 0.25) is 0 Å². The molecule has 1 atom stereocenters. The number of benzene rings is 3. The monoisotopic (exact) mass is 388 g/mol. The number of hydrogen-bond donors (Lipinski definition) is 1. The van der Waals surface area contributed by atoms with Crippen LogP contribution in [0.3, 0.4) is 0 Å². The summed E-state index contributed by atoms with van der Waals surface area (Å²) in [7, 11) is 0. The van der Waals surface area contributed by atoms with Crippen molar-refractivity contribution in [2.75, 3.05) is 26.2 Å². The Balaban J connectivity index is 0.00000121. The Morgan fingerprint density at radius 1 is 0.923 bits per heavy atom. The fourth-order valence-corrected chi connectivity index (χ4v) is 4.01. The predicted molar refractivity (Wildman–Crippen MR) is 118 cm³/mol. The van der Waals surface area contributed by atoms with E-state index in [1.54, 1.807) is 0 Å². The van der Waals surface area contributed by atoms with Crippen LogP contribution in [0.15, 0.2) is 67.3 Å². The van der Waals surface area contributed by atoms with Gasteiger partial charge in [0.15, 0.2) is 0 Å². The van der Waals surface area contributed by atoms with Gasteiger partial charge in [-0.3, -0.25) is 4.90 Å². The molecular weight excluding hydrogens is 363 g/mol. The molecule has 0 saturated carbocycles. The van der Waals surface area contributed by atoms with Crippen LogP contribution in [0.1, 0.15) is 18.0 Å². The second-order valence-electron chi connectivity index (χ2n) is 6.56. The maximum atomic E-state index is 4.04. The largest absolute Gasteiger partial charge is 0.314 e. The molecule has 0 spiro atoms. The molecule has 1 aliphatic rings. The van der Waals surface area contributed by atoms with E-state index in [1.807, 2.05) is 0 Å². The van der Waals surface area contributed by atoms with Crippen LogP contribution < -0.4 is 5.32 Å². The summed E-state index contributed by atoms with van der Waals surface area (Å²) in [6.07, 6.45) is 3.06. The molecule has 1 saturated heterocycles. The molecule has 1 N–H and O–H groups in total. The highest BCUT2D eigenvalue weighted by atomic mass is 35.5. The van der Waals surface area contributed by atoms with Gasteiger partial charge in [-0.25, -0.2) is 0 Å². The summed E-state index contributed by atoms with van der Waals surface area (Å²) in [5.41, 5.74) is 1.46. The molecule has 0 amide bonds. The molecule has 2 nitrogen and oxygen atoms in total. The van der Waals surface area contributed by atoms with Crippen molar-refractivity contribution in [3.05, 3.63) is 72.8 Å². The molecule has 0 unspecified atom stereocenters. The van der Waals surface area contributed by atoms with Gasteiger partial charge < -0.3 is 5.32 Å². The average molecular weight is 389 g/mol. The fraction of sp³-hybridized carbons (Fsp3) is 0.273. The zero-order chi connectivity index (χ0) is 16.4. The van der Waals surface area contributed by atoms with Gasteiger partial charge in [0.05, 0.1) is 0 Å². The van der Waals surface area contributed by atoms with E-state index in [-0.39, 0.29) is 24.8 Å². The average Bonchev–Trinajstić information content (AvgIpc) is 2.65. The van der Waals surface area contributed by atoms with Gasteiger partial charge >= 0.3 is 0 Å². The van der Waals surface area contributed by atoms with Crippen LogP contribution >= 0.6 is 24.8 Å². The third-order valence-corrected chi connectivity index (χ3v) is 5.13. The van der Waals surface area contributed by atoms with Crippen LogP contribution in [0.5, 0.6) is 0 Å². The predicted octanol–water partition coefficient (Wildman–Crippen LogP) is 5.36. The van der Waals surface area contributed by atoms with Gasteiger partial charge in [-0.15, -0.1) is 31.4 Å². The standard InChI is InChI=1S/C22H24N2.2ClH/c1-2-7-21(24-14-12-23-13-15-24)22-19-10-5-3-8-17(19)16-18-9-4-6-11-20(18)22;;/h2-6,8-11,16,21,23H,1,7,12-15H2;2*1H/t21-;;/m0../s1. The zero-order valence-electron chi connectivity index (χ0n) is 14.9. The molecule has 26 heavy (non-hydrogen) atoms. The molecule has 3 aromatic carbocycles. The van der Waals surface area contributed by atoms with Gasteiger partial charge in [-0.05, 0) is 39.6 Å². The second kappa shape index (κ2) is 9.38. The highest BCUT2D eigenvalue weighted by Crippen LogP contribution is 2.37. The minimum Gasteiger partial charge on any atom is -0.314 e. The van der Waals surface area contributed by atoms with Gasteiger partial charge in [0.25, 0.3) is 0 Å². The Bertz CT molecular complexity index is 818. The van der Waals surface area contributed by atoms with Crippen molar-refractivity contribution in [3.8, 4) is 0 Å². The summed E-state index contributed by atoms with van der Waals surface area (Å²) < 4.78 is 0. The fourth-order valence-electron chi connectivity index (χ4n) is 4.01. The van der Waals surface area contributed by atoms with Gasteiger partial charge in [0, 0.05) is 32.2 Å². The molecule has 4 heteroatoms. The Morgan fingerprint density at radius 2 is 1.46 bits per heavy atom. The van der Waals surface area contributed by atoms with E-state index in [1.165, 1.54) is 27.1 Å². The minimum atomic E-state index is 0. The number of fused-ring (bicyclic) bond motifs is 2. The molecule has 0 bridgehead atoms. The summed E-state index contributed by atoms with van der Waals surface area (Å²) in [5.74, 6) is 0. The third kappa shape index (κ3) is 3.89. The SMILES string of the molecule is C=CC[C@@H](c1c2ccccc2cc2ccccc12)N1CCNCC1.Cl.Cl. The van der Waals surface area contributed by atoms with E-state index >= 15 is 0 Å². The summed E-state index contributed by atoms with van der Waals surface area (Å²) in [4.78, 5) is 2.62. The first-order chi connectivity index (χ1) is 11.9. The maximum absolute atomic E-state index is 4.04. The zero-order valence-corrected chi connectivity index (χ0v) is 16.5. The van der Waals surface area contributed by atoms with Crippen molar-refractivity contribution in [2.24, 2.45) is 0 Å². The van der Waals surface area contributed by atoms with E-state index < -0.39 is 0 Å². The molecular formula is C22H26Cl2N2.